The normalized spacial score (nSPS) is 13.6. The first-order valence-electron chi connectivity index (χ1n) is 15.2. The van der Waals surface area contributed by atoms with Crippen LogP contribution < -0.4 is 32.3 Å². The number of hydrogen-bond acceptors (Lipinski definition) is 9. The van der Waals surface area contributed by atoms with Crippen molar-refractivity contribution in [2.45, 2.75) is 78.6 Å². The molecule has 11 N–H and O–H groups in total. The summed E-state index contributed by atoms with van der Waals surface area (Å²) in [5, 5.41) is 22.5. The Labute approximate surface area is 279 Å². The number of aromatic amines is 2. The smallest absolute Gasteiger partial charge is 0.325 e. The van der Waals surface area contributed by atoms with Gasteiger partial charge in [-0.1, -0.05) is 27.7 Å². The van der Waals surface area contributed by atoms with Gasteiger partial charge >= 0.3 is 5.97 Å². The van der Waals surface area contributed by atoms with Crippen molar-refractivity contribution in [1.29, 1.82) is 0 Å². The van der Waals surface area contributed by atoms with Crippen LogP contribution in [0.15, 0.2) is 12.7 Å². The van der Waals surface area contributed by atoms with Crippen molar-refractivity contribution in [3.8, 4) is 0 Å². The van der Waals surface area contributed by atoms with Gasteiger partial charge in [0.2, 0.25) is 0 Å². The van der Waals surface area contributed by atoms with Gasteiger partial charge in [0.15, 0.2) is 17.2 Å². The topological polar surface area (TPSA) is 268 Å². The lowest BCUT2D eigenvalue weighted by Crippen LogP contribution is -2.60. The third-order valence-corrected chi connectivity index (χ3v) is 6.85. The van der Waals surface area contributed by atoms with Gasteiger partial charge in [-0.3, -0.25) is 28.8 Å². The van der Waals surface area contributed by atoms with Gasteiger partial charge < -0.3 is 47.4 Å². The SMILES string of the molecule is CC(C)C[C@@H](C[NH3+])NC(=O)c1nc[nH]c1C(=O)N[C@@H](CC(C)C)C(=O)CNC[C@H](C)NC(=O)c1nc[nH]c1C(=O)N[C@@H](C)C(=O)O.Cl. The van der Waals surface area contributed by atoms with Crippen molar-refractivity contribution in [2.75, 3.05) is 19.6 Å². The van der Waals surface area contributed by atoms with E-state index in [2.05, 4.69) is 52.3 Å². The summed E-state index contributed by atoms with van der Waals surface area (Å²) in [6.07, 6.45) is 3.45. The summed E-state index contributed by atoms with van der Waals surface area (Å²) in [7, 11) is 0. The Kier molecular flexibility index (Phi) is 16.7. The lowest BCUT2D eigenvalue weighted by molar-refractivity contribution is -0.373. The molecule has 0 fully saturated rings. The minimum atomic E-state index is -1.24. The van der Waals surface area contributed by atoms with Gasteiger partial charge in [0.05, 0.1) is 37.8 Å². The van der Waals surface area contributed by atoms with E-state index in [0.717, 1.165) is 12.7 Å². The van der Waals surface area contributed by atoms with E-state index in [-0.39, 0.29) is 66.0 Å². The number of aliphatic carboxylic acids is 1. The van der Waals surface area contributed by atoms with Gasteiger partial charge in [0.25, 0.3) is 23.6 Å². The Bertz CT molecular complexity index is 1380. The average molecular weight is 684 g/mol. The van der Waals surface area contributed by atoms with Crippen LogP contribution in [0.1, 0.15) is 96.3 Å². The molecule has 0 bridgehead atoms. The fraction of sp³-hybridized carbons (Fsp3) is 0.586. The van der Waals surface area contributed by atoms with Crippen molar-refractivity contribution < 1.29 is 39.6 Å². The zero-order valence-electron chi connectivity index (χ0n) is 27.6. The molecule has 0 aliphatic rings. The number of Topliss-reactive ketones (excluding diaryl/α,β-unsaturated/α-hetero) is 1. The second-order valence-corrected chi connectivity index (χ2v) is 12.0. The molecule has 0 saturated carbocycles. The number of nitrogens with zero attached hydrogens (tertiary/aromatic N) is 2. The predicted octanol–water partition coefficient (Wildman–Crippen LogP) is -0.734. The Balaban J connectivity index is 0.0000110. The number of H-pyrrole nitrogens is 2. The molecule has 0 aliphatic heterocycles. The molecule has 4 amide bonds. The van der Waals surface area contributed by atoms with Gasteiger partial charge in [-0.2, -0.15) is 0 Å². The summed E-state index contributed by atoms with van der Waals surface area (Å²) in [6, 6.07) is -2.73. The zero-order valence-corrected chi connectivity index (χ0v) is 28.4. The van der Waals surface area contributed by atoms with Gasteiger partial charge in [-0.05, 0) is 38.5 Å². The molecule has 2 rings (SSSR count). The van der Waals surface area contributed by atoms with Gasteiger partial charge in [-0.25, -0.2) is 9.97 Å². The quantitative estimate of drug-likeness (QED) is 0.0895. The number of carbonyl (C=O) groups excluding carboxylic acids is 5. The van der Waals surface area contributed by atoms with Gasteiger partial charge in [-0.15, -0.1) is 12.4 Å². The highest BCUT2D eigenvalue weighted by Gasteiger charge is 2.28. The van der Waals surface area contributed by atoms with Crippen molar-refractivity contribution in [1.82, 2.24) is 46.5 Å². The molecular weight excluding hydrogens is 636 g/mol. The number of carbonyl (C=O) groups is 6. The van der Waals surface area contributed by atoms with Crippen LogP contribution in [0.4, 0.5) is 0 Å². The number of imidazole rings is 2. The lowest BCUT2D eigenvalue weighted by atomic mass is 9.99. The number of carboxylic acids is 1. The van der Waals surface area contributed by atoms with Crippen LogP contribution in [0.25, 0.3) is 0 Å². The van der Waals surface area contributed by atoms with Crippen LogP contribution in [0.5, 0.6) is 0 Å². The second kappa shape index (κ2) is 19.3. The number of amides is 4. The lowest BCUT2D eigenvalue weighted by Gasteiger charge is -2.21. The summed E-state index contributed by atoms with van der Waals surface area (Å²) in [5.74, 6) is -3.78. The number of hydrogen-bond donors (Lipinski definition) is 9. The van der Waals surface area contributed by atoms with E-state index < -0.39 is 47.7 Å². The summed E-state index contributed by atoms with van der Waals surface area (Å²) < 4.78 is 0. The minimum Gasteiger partial charge on any atom is -0.480 e. The standard InChI is InChI=1S/C29H46N10O7.ClH/c1-14(2)7-18(9-30)38-27(43)23-24(35-13-34-23)28(44)39-19(8-15(3)4)20(40)11-31-10-16(5)36-25(41)21-22(33-12-32-21)26(42)37-17(6)29(45)46;/h12-19,31H,7-11,30H2,1-6H3,(H,32,33)(H,34,35)(H,36,41)(H,37,42)(H,38,43)(H,39,44)(H,45,46);1H/p+1/t16-,17-,18-,19-;/m0./s1. The highest BCUT2D eigenvalue weighted by Crippen LogP contribution is 2.11. The molecule has 47 heavy (non-hydrogen) atoms. The van der Waals surface area contributed by atoms with E-state index in [1.54, 1.807) is 6.92 Å². The molecular formula is C29H48ClN10O7+. The predicted molar refractivity (Wildman–Crippen MR) is 173 cm³/mol. The number of aromatic nitrogens is 4. The Hall–Kier alpha value is -4.35. The molecule has 0 radical (unpaired) electrons. The molecule has 17 nitrogen and oxygen atoms in total. The minimum absolute atomic E-state index is 0. The summed E-state index contributed by atoms with van der Waals surface area (Å²) in [4.78, 5) is 88.5. The third-order valence-electron chi connectivity index (χ3n) is 6.85. The van der Waals surface area contributed by atoms with Crippen molar-refractivity contribution in [3.63, 3.8) is 0 Å². The van der Waals surface area contributed by atoms with Crippen molar-refractivity contribution >= 4 is 47.8 Å². The largest absolute Gasteiger partial charge is 0.480 e. The average Bonchev–Trinajstić information content (AvgIpc) is 3.66. The molecule has 0 unspecified atom stereocenters. The number of quaternary nitrogens is 1. The Morgan fingerprint density at radius 3 is 1.77 bits per heavy atom. The van der Waals surface area contributed by atoms with E-state index >= 15 is 0 Å². The maximum absolute atomic E-state index is 13.2. The molecule has 0 aromatic carbocycles. The van der Waals surface area contributed by atoms with E-state index in [4.69, 9.17) is 5.11 Å². The van der Waals surface area contributed by atoms with Crippen LogP contribution in [0, 0.1) is 11.8 Å². The maximum atomic E-state index is 13.2. The molecule has 18 heteroatoms. The van der Waals surface area contributed by atoms with E-state index in [1.165, 1.54) is 13.3 Å². The van der Waals surface area contributed by atoms with Crippen LogP contribution in [0.2, 0.25) is 0 Å². The van der Waals surface area contributed by atoms with Crippen LogP contribution in [-0.2, 0) is 9.59 Å². The maximum Gasteiger partial charge on any atom is 0.325 e. The molecule has 2 aromatic rings. The van der Waals surface area contributed by atoms with E-state index in [0.29, 0.717) is 18.9 Å². The number of carboxylic acid groups (broad SMARTS) is 1. The fourth-order valence-corrected chi connectivity index (χ4v) is 4.53. The summed E-state index contributed by atoms with van der Waals surface area (Å²) >= 11 is 0. The van der Waals surface area contributed by atoms with Crippen molar-refractivity contribution in [2.24, 2.45) is 11.8 Å². The molecule has 262 valence electrons. The summed E-state index contributed by atoms with van der Waals surface area (Å²) in [5.41, 5.74) is 3.34. The molecule has 0 aliphatic carbocycles. The Morgan fingerprint density at radius 2 is 1.28 bits per heavy atom. The van der Waals surface area contributed by atoms with E-state index in [1.807, 2.05) is 27.7 Å². The zero-order chi connectivity index (χ0) is 34.6. The van der Waals surface area contributed by atoms with Crippen LogP contribution in [0.3, 0.4) is 0 Å². The van der Waals surface area contributed by atoms with E-state index in [9.17, 15) is 28.8 Å². The van der Waals surface area contributed by atoms with Crippen LogP contribution in [-0.4, -0.2) is 104 Å². The number of halogens is 1. The van der Waals surface area contributed by atoms with Crippen molar-refractivity contribution in [3.05, 3.63) is 35.4 Å². The number of ketones is 1. The van der Waals surface area contributed by atoms with Gasteiger partial charge in [0.1, 0.15) is 17.4 Å². The van der Waals surface area contributed by atoms with Gasteiger partial charge in [0, 0.05) is 12.6 Å². The molecule has 2 heterocycles. The first kappa shape index (κ1) is 40.7. The molecule has 0 saturated heterocycles. The highest BCUT2D eigenvalue weighted by molar-refractivity contribution is 6.06. The van der Waals surface area contributed by atoms with Crippen LogP contribution >= 0.6 is 12.4 Å². The third kappa shape index (κ3) is 12.8. The number of nitrogens with one attached hydrogen (secondary N) is 7. The molecule has 2 aromatic heterocycles. The first-order chi connectivity index (χ1) is 21.6. The monoisotopic (exact) mass is 683 g/mol. The molecule has 4 atom stereocenters. The summed E-state index contributed by atoms with van der Waals surface area (Å²) in [6.45, 7) is 11.4. The Morgan fingerprint density at radius 1 is 0.766 bits per heavy atom. The first-order valence-corrected chi connectivity index (χ1v) is 15.2. The number of rotatable bonds is 19. The molecule has 0 spiro atoms. The highest BCUT2D eigenvalue weighted by atomic mass is 35.5. The fourth-order valence-electron chi connectivity index (χ4n) is 4.53. The second-order valence-electron chi connectivity index (χ2n) is 12.0.